The summed E-state index contributed by atoms with van der Waals surface area (Å²) >= 11 is 3.00. The minimum Gasteiger partial charge on any atom is -0.323 e. The highest BCUT2D eigenvalue weighted by atomic mass is 79.9. The lowest BCUT2D eigenvalue weighted by Crippen LogP contribution is -2.37. The fourth-order valence-electron chi connectivity index (χ4n) is 1.12. The molecule has 78 valence electrons. The van der Waals surface area contributed by atoms with Gasteiger partial charge in [0.1, 0.15) is 12.0 Å². The van der Waals surface area contributed by atoms with E-state index in [-0.39, 0.29) is 10.0 Å². The molecule has 0 fully saturated rings. The summed E-state index contributed by atoms with van der Waals surface area (Å²) in [5.41, 5.74) is 4.48. The number of hydrogen-bond donors (Lipinski definition) is 1. The summed E-state index contributed by atoms with van der Waals surface area (Å²) in [7, 11) is 0. The van der Waals surface area contributed by atoms with Gasteiger partial charge in [0.15, 0.2) is 0 Å². The van der Waals surface area contributed by atoms with Gasteiger partial charge in [-0.2, -0.15) is 0 Å². The van der Waals surface area contributed by atoms with Gasteiger partial charge in [0, 0.05) is 11.1 Å². The van der Waals surface area contributed by atoms with Crippen molar-refractivity contribution < 1.29 is 8.78 Å². The summed E-state index contributed by atoms with van der Waals surface area (Å²) in [5.74, 6) is -0.585. The average molecular weight is 264 g/mol. The predicted octanol–water partition coefficient (Wildman–Crippen LogP) is 3.34. The normalized spacial score (nSPS) is 14.1. The summed E-state index contributed by atoms with van der Waals surface area (Å²) in [5, 5.41) is 0. The van der Waals surface area contributed by atoms with Crippen LogP contribution in [-0.2, 0) is 0 Å². The third-order valence-electron chi connectivity index (χ3n) is 1.91. The number of nitrogens with two attached hydrogens (primary N) is 1. The summed E-state index contributed by atoms with van der Waals surface area (Å²) in [6.45, 7) is 3.05. The van der Waals surface area contributed by atoms with Crippen molar-refractivity contribution in [1.82, 2.24) is 0 Å². The van der Waals surface area contributed by atoms with E-state index < -0.39 is 17.5 Å². The Morgan fingerprint density at radius 2 is 2.00 bits per heavy atom. The molecule has 1 nitrogen and oxygen atoms in total. The molecule has 0 aromatic heterocycles. The van der Waals surface area contributed by atoms with Crippen LogP contribution in [0.1, 0.15) is 25.6 Å². The highest BCUT2D eigenvalue weighted by Gasteiger charge is 2.29. The van der Waals surface area contributed by atoms with Crippen LogP contribution in [0.15, 0.2) is 22.7 Å². The van der Waals surface area contributed by atoms with Gasteiger partial charge in [0.05, 0.1) is 4.47 Å². The molecule has 0 aliphatic rings. The van der Waals surface area contributed by atoms with E-state index in [4.69, 9.17) is 5.73 Å². The van der Waals surface area contributed by atoms with Crippen LogP contribution in [0.2, 0.25) is 0 Å². The summed E-state index contributed by atoms with van der Waals surface area (Å²) in [6.07, 6.45) is -1.51. The number of rotatable bonds is 2. The maximum atomic E-state index is 13.7. The van der Waals surface area contributed by atoms with Crippen LogP contribution >= 0.6 is 15.9 Å². The van der Waals surface area contributed by atoms with Gasteiger partial charge >= 0.3 is 0 Å². The van der Waals surface area contributed by atoms with Crippen LogP contribution in [0.4, 0.5) is 8.78 Å². The van der Waals surface area contributed by atoms with Crippen LogP contribution in [0.5, 0.6) is 0 Å². The molecule has 0 aliphatic heterocycles. The Morgan fingerprint density at radius 1 is 1.43 bits per heavy atom. The summed E-state index contributed by atoms with van der Waals surface area (Å²) in [6, 6.07) is 4.51. The van der Waals surface area contributed by atoms with Gasteiger partial charge in [-0.05, 0) is 35.8 Å². The lowest BCUT2D eigenvalue weighted by Gasteiger charge is -2.24. The van der Waals surface area contributed by atoms with E-state index in [0.29, 0.717) is 0 Å². The molecule has 1 atom stereocenters. The second kappa shape index (κ2) is 3.95. The van der Waals surface area contributed by atoms with Gasteiger partial charge < -0.3 is 5.73 Å². The van der Waals surface area contributed by atoms with Crippen molar-refractivity contribution in [3.63, 3.8) is 0 Å². The van der Waals surface area contributed by atoms with Crippen LogP contribution in [0.25, 0.3) is 0 Å². The molecule has 1 unspecified atom stereocenters. The number of alkyl halides is 1. The smallest absolute Gasteiger partial charge is 0.145 e. The van der Waals surface area contributed by atoms with Crippen LogP contribution in [0.3, 0.4) is 0 Å². The van der Waals surface area contributed by atoms with Crippen molar-refractivity contribution in [1.29, 1.82) is 0 Å². The lowest BCUT2D eigenvalue weighted by molar-refractivity contribution is 0.217. The SMILES string of the molecule is CC(C)(N)C(F)c1cccc(Br)c1F. The molecule has 0 bridgehead atoms. The van der Waals surface area contributed by atoms with Gasteiger partial charge in [-0.25, -0.2) is 8.78 Å². The molecule has 0 amide bonds. The van der Waals surface area contributed by atoms with Crippen molar-refractivity contribution in [3.8, 4) is 0 Å². The van der Waals surface area contributed by atoms with Gasteiger partial charge in [-0.15, -0.1) is 0 Å². The van der Waals surface area contributed by atoms with E-state index in [1.807, 2.05) is 0 Å². The van der Waals surface area contributed by atoms with E-state index in [0.717, 1.165) is 0 Å². The maximum Gasteiger partial charge on any atom is 0.145 e. The number of halogens is 3. The molecule has 4 heteroatoms. The molecule has 0 aliphatic carbocycles. The van der Waals surface area contributed by atoms with E-state index >= 15 is 0 Å². The minimum absolute atomic E-state index is 0.00752. The Hall–Kier alpha value is -0.480. The van der Waals surface area contributed by atoms with Crippen molar-refractivity contribution in [2.75, 3.05) is 0 Å². The Kier molecular flexibility index (Phi) is 3.27. The summed E-state index contributed by atoms with van der Waals surface area (Å²) in [4.78, 5) is 0. The standard InChI is InChI=1S/C10H12BrF2N/c1-10(2,14)9(13)6-4-3-5-7(11)8(6)12/h3-5,9H,14H2,1-2H3. The second-order valence-electron chi connectivity index (χ2n) is 3.83. The molecule has 0 heterocycles. The van der Waals surface area contributed by atoms with Crippen LogP contribution in [-0.4, -0.2) is 5.54 Å². The van der Waals surface area contributed by atoms with Gasteiger partial charge in [0.25, 0.3) is 0 Å². The molecule has 0 saturated heterocycles. The van der Waals surface area contributed by atoms with E-state index in [1.54, 1.807) is 6.07 Å². The fourth-order valence-corrected chi connectivity index (χ4v) is 1.50. The number of benzene rings is 1. The topological polar surface area (TPSA) is 26.0 Å². The Bertz CT molecular complexity index is 333. The first-order valence-corrected chi connectivity index (χ1v) is 5.00. The quantitative estimate of drug-likeness (QED) is 0.871. The van der Waals surface area contributed by atoms with Gasteiger partial charge in [0.2, 0.25) is 0 Å². The lowest BCUT2D eigenvalue weighted by atomic mass is 9.93. The third-order valence-corrected chi connectivity index (χ3v) is 2.52. The molecular weight excluding hydrogens is 252 g/mol. The van der Waals surface area contributed by atoms with Crippen molar-refractivity contribution in [2.45, 2.75) is 25.6 Å². The van der Waals surface area contributed by atoms with E-state index in [1.165, 1.54) is 26.0 Å². The molecule has 1 aromatic rings. The Morgan fingerprint density at radius 3 is 2.50 bits per heavy atom. The molecule has 0 radical (unpaired) electrons. The molecule has 2 N–H and O–H groups in total. The largest absolute Gasteiger partial charge is 0.323 e. The van der Waals surface area contributed by atoms with Crippen molar-refractivity contribution >= 4 is 15.9 Å². The van der Waals surface area contributed by atoms with Gasteiger partial charge in [-0.3, -0.25) is 0 Å². The molecule has 1 aromatic carbocycles. The minimum atomic E-state index is -1.51. The van der Waals surface area contributed by atoms with Crippen LogP contribution in [0, 0.1) is 5.82 Å². The molecule has 1 rings (SSSR count). The maximum absolute atomic E-state index is 13.7. The average Bonchev–Trinajstić information content (AvgIpc) is 2.07. The molecule has 0 spiro atoms. The molecule has 14 heavy (non-hydrogen) atoms. The molecule has 0 saturated carbocycles. The first kappa shape index (κ1) is 11.6. The zero-order valence-corrected chi connectivity index (χ0v) is 9.61. The zero-order valence-electron chi connectivity index (χ0n) is 8.02. The fraction of sp³-hybridized carbons (Fsp3) is 0.400. The highest BCUT2D eigenvalue weighted by Crippen LogP contribution is 2.31. The van der Waals surface area contributed by atoms with Gasteiger partial charge in [-0.1, -0.05) is 12.1 Å². The van der Waals surface area contributed by atoms with Crippen molar-refractivity contribution in [3.05, 3.63) is 34.1 Å². The highest BCUT2D eigenvalue weighted by molar-refractivity contribution is 9.10. The first-order chi connectivity index (χ1) is 6.34. The number of hydrogen-bond acceptors (Lipinski definition) is 1. The Balaban J connectivity index is 3.14. The second-order valence-corrected chi connectivity index (χ2v) is 4.68. The monoisotopic (exact) mass is 263 g/mol. The van der Waals surface area contributed by atoms with Crippen LogP contribution < -0.4 is 5.73 Å². The third kappa shape index (κ3) is 2.30. The van der Waals surface area contributed by atoms with E-state index in [9.17, 15) is 8.78 Å². The molecular formula is C10H12BrF2N. The van der Waals surface area contributed by atoms with Crippen molar-refractivity contribution in [2.24, 2.45) is 5.73 Å². The summed E-state index contributed by atoms with van der Waals surface area (Å²) < 4.78 is 27.4. The van der Waals surface area contributed by atoms with E-state index in [2.05, 4.69) is 15.9 Å². The first-order valence-electron chi connectivity index (χ1n) is 4.21. The Labute approximate surface area is 90.4 Å². The predicted molar refractivity (Wildman–Crippen MR) is 56.2 cm³/mol. The zero-order chi connectivity index (χ0) is 10.9.